The predicted octanol–water partition coefficient (Wildman–Crippen LogP) is 1.04. The highest BCUT2D eigenvalue weighted by molar-refractivity contribution is 5.92. The summed E-state index contributed by atoms with van der Waals surface area (Å²) in [7, 11) is 1.79. The Morgan fingerprint density at radius 3 is 2.61 bits per heavy atom. The summed E-state index contributed by atoms with van der Waals surface area (Å²) >= 11 is 0. The molecule has 0 saturated carbocycles. The van der Waals surface area contributed by atoms with Crippen molar-refractivity contribution in [2.75, 3.05) is 13.1 Å². The zero-order valence-corrected chi connectivity index (χ0v) is 11.5. The second-order valence-electron chi connectivity index (χ2n) is 6.01. The molecule has 5 heteroatoms. The van der Waals surface area contributed by atoms with Gasteiger partial charge in [-0.2, -0.15) is 5.10 Å². The molecule has 1 aromatic rings. The summed E-state index contributed by atoms with van der Waals surface area (Å²) in [6.07, 6.45) is 2.36. The summed E-state index contributed by atoms with van der Waals surface area (Å²) < 4.78 is 1.62. The van der Waals surface area contributed by atoms with Crippen LogP contribution in [0.15, 0.2) is 12.3 Å². The van der Waals surface area contributed by atoms with Crippen LogP contribution in [0.2, 0.25) is 0 Å². The third kappa shape index (κ3) is 2.14. The fraction of sp³-hybridized carbons (Fsp3) is 0.692. The second-order valence-corrected chi connectivity index (χ2v) is 6.01. The van der Waals surface area contributed by atoms with E-state index in [0.717, 1.165) is 0 Å². The first-order valence-electron chi connectivity index (χ1n) is 6.24. The molecule has 2 rings (SSSR count). The van der Waals surface area contributed by atoms with Gasteiger partial charge in [0.15, 0.2) is 0 Å². The van der Waals surface area contributed by atoms with E-state index in [1.807, 2.05) is 20.8 Å². The molecule has 18 heavy (non-hydrogen) atoms. The number of rotatable bonds is 1. The fourth-order valence-electron chi connectivity index (χ4n) is 2.28. The largest absolute Gasteiger partial charge is 0.389 e. The number of hydrogen-bond donors (Lipinski definition) is 1. The molecule has 100 valence electrons. The summed E-state index contributed by atoms with van der Waals surface area (Å²) in [6.45, 7) is 6.95. The van der Waals surface area contributed by atoms with Gasteiger partial charge in [0, 0.05) is 31.7 Å². The molecule has 1 amide bonds. The maximum atomic E-state index is 12.3. The van der Waals surface area contributed by atoms with E-state index in [4.69, 9.17) is 0 Å². The Kier molecular flexibility index (Phi) is 2.97. The third-order valence-electron chi connectivity index (χ3n) is 4.13. The molecule has 1 aliphatic heterocycles. The number of aromatic nitrogens is 2. The zero-order chi connectivity index (χ0) is 13.6. The third-order valence-corrected chi connectivity index (χ3v) is 4.13. The molecule has 0 radical (unpaired) electrons. The average Bonchev–Trinajstić information content (AvgIpc) is 2.68. The van der Waals surface area contributed by atoms with Crippen molar-refractivity contribution in [1.82, 2.24) is 14.7 Å². The first-order chi connectivity index (χ1) is 8.23. The van der Waals surface area contributed by atoms with Crippen LogP contribution in [0.4, 0.5) is 0 Å². The molecular formula is C13H21N3O2. The minimum Gasteiger partial charge on any atom is -0.389 e. The highest BCUT2D eigenvalue weighted by atomic mass is 16.3. The van der Waals surface area contributed by atoms with Crippen molar-refractivity contribution in [1.29, 1.82) is 0 Å². The minimum absolute atomic E-state index is 0.0563. The molecule has 0 unspecified atom stereocenters. The molecule has 0 aliphatic carbocycles. The van der Waals surface area contributed by atoms with Crippen molar-refractivity contribution in [2.45, 2.75) is 32.8 Å². The minimum atomic E-state index is -0.728. The molecule has 1 N–H and O–H groups in total. The van der Waals surface area contributed by atoms with E-state index in [1.165, 1.54) is 0 Å². The molecule has 0 aromatic carbocycles. The van der Waals surface area contributed by atoms with Crippen molar-refractivity contribution < 1.29 is 9.90 Å². The number of nitrogens with zero attached hydrogens (tertiary/aromatic N) is 3. The lowest BCUT2D eigenvalue weighted by molar-refractivity contribution is -0.0971. The van der Waals surface area contributed by atoms with Crippen molar-refractivity contribution in [3.63, 3.8) is 0 Å². The molecule has 1 saturated heterocycles. The van der Waals surface area contributed by atoms with Gasteiger partial charge in [0.05, 0.1) is 5.60 Å². The maximum Gasteiger partial charge on any atom is 0.274 e. The SMILES string of the molecule is Cn1ccc(C(=O)N2CC[C@](C)(O)C(C)(C)C2)n1. The lowest BCUT2D eigenvalue weighted by Gasteiger charge is -2.48. The van der Waals surface area contributed by atoms with Crippen LogP contribution in [-0.2, 0) is 7.05 Å². The van der Waals surface area contributed by atoms with Gasteiger partial charge >= 0.3 is 0 Å². The number of hydrogen-bond acceptors (Lipinski definition) is 3. The van der Waals surface area contributed by atoms with E-state index in [0.29, 0.717) is 25.2 Å². The lowest BCUT2D eigenvalue weighted by Crippen LogP contribution is -2.57. The fourth-order valence-corrected chi connectivity index (χ4v) is 2.28. The van der Waals surface area contributed by atoms with Gasteiger partial charge in [-0.1, -0.05) is 13.8 Å². The summed E-state index contributed by atoms with van der Waals surface area (Å²) in [5.74, 6) is -0.0563. The van der Waals surface area contributed by atoms with Gasteiger partial charge in [0.2, 0.25) is 0 Å². The average molecular weight is 251 g/mol. The van der Waals surface area contributed by atoms with E-state index >= 15 is 0 Å². The monoisotopic (exact) mass is 251 g/mol. The Hall–Kier alpha value is -1.36. The smallest absolute Gasteiger partial charge is 0.274 e. The number of amides is 1. The topological polar surface area (TPSA) is 58.4 Å². The van der Waals surface area contributed by atoms with Gasteiger partial charge in [0.1, 0.15) is 5.69 Å². The van der Waals surface area contributed by atoms with Gasteiger partial charge in [-0.05, 0) is 19.4 Å². The Morgan fingerprint density at radius 1 is 1.44 bits per heavy atom. The molecule has 0 bridgehead atoms. The Labute approximate surface area is 107 Å². The van der Waals surface area contributed by atoms with Crippen molar-refractivity contribution in [2.24, 2.45) is 12.5 Å². The number of likely N-dealkylation sites (tertiary alicyclic amines) is 1. The second kappa shape index (κ2) is 4.09. The normalized spacial score (nSPS) is 27.3. The number of aryl methyl sites for hydroxylation is 1. The van der Waals surface area contributed by atoms with E-state index in [2.05, 4.69) is 5.10 Å². The first kappa shape index (κ1) is 13.1. The summed E-state index contributed by atoms with van der Waals surface area (Å²) in [5.41, 5.74) is -0.571. The highest BCUT2D eigenvalue weighted by Gasteiger charge is 2.45. The molecule has 0 spiro atoms. The van der Waals surface area contributed by atoms with Crippen molar-refractivity contribution in [3.05, 3.63) is 18.0 Å². The van der Waals surface area contributed by atoms with Crippen LogP contribution in [0.25, 0.3) is 0 Å². The molecule has 1 atom stereocenters. The Morgan fingerprint density at radius 2 is 2.11 bits per heavy atom. The molecule has 1 fully saturated rings. The van der Waals surface area contributed by atoms with Crippen LogP contribution in [0, 0.1) is 5.41 Å². The summed E-state index contributed by atoms with van der Waals surface area (Å²) in [4.78, 5) is 14.1. The van der Waals surface area contributed by atoms with Crippen molar-refractivity contribution >= 4 is 5.91 Å². The predicted molar refractivity (Wildman–Crippen MR) is 68.1 cm³/mol. The molecule has 5 nitrogen and oxygen atoms in total. The highest BCUT2D eigenvalue weighted by Crippen LogP contribution is 2.38. The van der Waals surface area contributed by atoms with Crippen LogP contribution >= 0.6 is 0 Å². The van der Waals surface area contributed by atoms with E-state index in [-0.39, 0.29) is 11.3 Å². The van der Waals surface area contributed by atoms with Crippen LogP contribution < -0.4 is 0 Å². The molecule has 1 aromatic heterocycles. The Balaban J connectivity index is 2.15. The van der Waals surface area contributed by atoms with Crippen LogP contribution in [0.1, 0.15) is 37.7 Å². The van der Waals surface area contributed by atoms with Gasteiger partial charge < -0.3 is 10.0 Å². The first-order valence-corrected chi connectivity index (χ1v) is 6.24. The number of aliphatic hydroxyl groups is 1. The van der Waals surface area contributed by atoms with Crippen molar-refractivity contribution in [3.8, 4) is 0 Å². The number of carbonyl (C=O) groups excluding carboxylic acids is 1. The molecule has 1 aliphatic rings. The number of piperidine rings is 1. The van der Waals surface area contributed by atoms with Gasteiger partial charge in [-0.25, -0.2) is 0 Å². The quantitative estimate of drug-likeness (QED) is 0.811. The van der Waals surface area contributed by atoms with E-state index in [9.17, 15) is 9.90 Å². The van der Waals surface area contributed by atoms with Gasteiger partial charge in [0.25, 0.3) is 5.91 Å². The van der Waals surface area contributed by atoms with E-state index < -0.39 is 5.60 Å². The molecule has 2 heterocycles. The van der Waals surface area contributed by atoms with Gasteiger partial charge in [-0.15, -0.1) is 0 Å². The van der Waals surface area contributed by atoms with Crippen LogP contribution in [0.5, 0.6) is 0 Å². The van der Waals surface area contributed by atoms with Crippen LogP contribution in [-0.4, -0.2) is 44.4 Å². The van der Waals surface area contributed by atoms with E-state index in [1.54, 1.807) is 28.9 Å². The maximum absolute atomic E-state index is 12.3. The Bertz CT molecular complexity index is 463. The molecular weight excluding hydrogens is 230 g/mol. The summed E-state index contributed by atoms with van der Waals surface area (Å²) in [5, 5.41) is 14.5. The lowest BCUT2D eigenvalue weighted by atomic mass is 9.71. The van der Waals surface area contributed by atoms with Gasteiger partial charge in [-0.3, -0.25) is 9.48 Å². The standard InChI is InChI=1S/C13H21N3O2/c1-12(2)9-16(8-6-13(12,3)18)11(17)10-5-7-15(4)14-10/h5,7,18H,6,8-9H2,1-4H3/t13-/m0/s1. The number of carbonyl (C=O) groups is 1. The van der Waals surface area contributed by atoms with Crippen LogP contribution in [0.3, 0.4) is 0 Å². The summed E-state index contributed by atoms with van der Waals surface area (Å²) in [6, 6.07) is 1.72. The zero-order valence-electron chi connectivity index (χ0n) is 11.5.